The molecule has 0 radical (unpaired) electrons. The normalized spacial score (nSPS) is 16.6. The summed E-state index contributed by atoms with van der Waals surface area (Å²) in [5, 5.41) is 4.00. The minimum atomic E-state index is 0.0743. The maximum Gasteiger partial charge on any atom is 0.253 e. The molecule has 1 aliphatic rings. The van der Waals surface area contributed by atoms with Gasteiger partial charge < -0.3 is 10.2 Å². The molecule has 4 heteroatoms. The van der Waals surface area contributed by atoms with Gasteiger partial charge in [0.05, 0.1) is 0 Å². The third-order valence-corrected chi connectivity index (χ3v) is 3.68. The van der Waals surface area contributed by atoms with E-state index in [1.165, 1.54) is 0 Å². The highest BCUT2D eigenvalue weighted by molar-refractivity contribution is 6.30. The number of amides is 1. The van der Waals surface area contributed by atoms with E-state index in [1.807, 2.05) is 11.9 Å². The fourth-order valence-corrected chi connectivity index (χ4v) is 2.47. The van der Waals surface area contributed by atoms with E-state index in [4.69, 9.17) is 11.6 Å². The van der Waals surface area contributed by atoms with Crippen LogP contribution in [0.4, 0.5) is 0 Å². The Bertz CT molecular complexity index is 399. The van der Waals surface area contributed by atoms with Gasteiger partial charge in [0.2, 0.25) is 0 Å². The summed E-state index contributed by atoms with van der Waals surface area (Å²) in [5.74, 6) is 0.692. The Kier molecular flexibility index (Phi) is 4.61. The minimum absolute atomic E-state index is 0.0743. The van der Waals surface area contributed by atoms with Crippen LogP contribution >= 0.6 is 11.6 Å². The lowest BCUT2D eigenvalue weighted by Crippen LogP contribution is -2.37. The highest BCUT2D eigenvalue weighted by atomic mass is 35.5. The summed E-state index contributed by atoms with van der Waals surface area (Å²) in [6, 6.07) is 7.08. The van der Waals surface area contributed by atoms with Crippen LogP contribution in [0.1, 0.15) is 23.2 Å². The van der Waals surface area contributed by atoms with E-state index in [1.54, 1.807) is 24.3 Å². The molecule has 0 unspecified atom stereocenters. The third kappa shape index (κ3) is 3.47. The summed E-state index contributed by atoms with van der Waals surface area (Å²) in [4.78, 5) is 14.0. The zero-order valence-electron chi connectivity index (χ0n) is 10.7. The zero-order valence-corrected chi connectivity index (χ0v) is 11.4. The molecule has 0 spiro atoms. The number of nitrogens with zero attached hydrogens (tertiary/aromatic N) is 1. The summed E-state index contributed by atoms with van der Waals surface area (Å²) in [7, 11) is 1.87. The monoisotopic (exact) mass is 266 g/mol. The molecule has 98 valence electrons. The van der Waals surface area contributed by atoms with Crippen LogP contribution in [0.5, 0.6) is 0 Å². The first kappa shape index (κ1) is 13.4. The molecule has 0 bridgehead atoms. The van der Waals surface area contributed by atoms with Crippen molar-refractivity contribution in [3.05, 3.63) is 34.9 Å². The van der Waals surface area contributed by atoms with Gasteiger partial charge in [-0.3, -0.25) is 4.79 Å². The smallest absolute Gasteiger partial charge is 0.253 e. The first-order valence-corrected chi connectivity index (χ1v) is 6.76. The largest absolute Gasteiger partial charge is 0.341 e. The van der Waals surface area contributed by atoms with Crippen molar-refractivity contribution in [1.82, 2.24) is 10.2 Å². The molecule has 1 fully saturated rings. The van der Waals surface area contributed by atoms with Gasteiger partial charge in [0, 0.05) is 24.2 Å². The quantitative estimate of drug-likeness (QED) is 0.911. The molecular formula is C14H19ClN2O. The summed E-state index contributed by atoms with van der Waals surface area (Å²) < 4.78 is 0. The summed E-state index contributed by atoms with van der Waals surface area (Å²) >= 11 is 5.82. The van der Waals surface area contributed by atoms with Crippen molar-refractivity contribution in [1.29, 1.82) is 0 Å². The molecule has 3 nitrogen and oxygen atoms in total. The number of piperidine rings is 1. The number of rotatable bonds is 3. The van der Waals surface area contributed by atoms with E-state index in [0.717, 1.165) is 32.5 Å². The second-order valence-corrected chi connectivity index (χ2v) is 5.32. The van der Waals surface area contributed by atoms with Crippen LogP contribution in [0.2, 0.25) is 5.02 Å². The summed E-state index contributed by atoms with van der Waals surface area (Å²) in [6.45, 7) is 2.96. The Morgan fingerprint density at radius 3 is 2.56 bits per heavy atom. The van der Waals surface area contributed by atoms with Gasteiger partial charge in [-0.2, -0.15) is 0 Å². The molecule has 1 aromatic carbocycles. The number of nitrogens with one attached hydrogen (secondary N) is 1. The lowest BCUT2D eigenvalue weighted by molar-refractivity contribution is 0.0763. The van der Waals surface area contributed by atoms with Crippen molar-refractivity contribution in [2.24, 2.45) is 5.92 Å². The maximum atomic E-state index is 12.2. The van der Waals surface area contributed by atoms with Gasteiger partial charge in [-0.15, -0.1) is 0 Å². The lowest BCUT2D eigenvalue weighted by Gasteiger charge is -2.27. The van der Waals surface area contributed by atoms with Crippen LogP contribution in [0.15, 0.2) is 24.3 Å². The molecule has 18 heavy (non-hydrogen) atoms. The molecule has 0 aromatic heterocycles. The van der Waals surface area contributed by atoms with Gasteiger partial charge in [0.25, 0.3) is 5.91 Å². The number of benzene rings is 1. The summed E-state index contributed by atoms with van der Waals surface area (Å²) in [5.41, 5.74) is 0.704. The lowest BCUT2D eigenvalue weighted by atomic mass is 9.97. The van der Waals surface area contributed by atoms with Gasteiger partial charge in [0.1, 0.15) is 0 Å². The van der Waals surface area contributed by atoms with Gasteiger partial charge in [-0.25, -0.2) is 0 Å². The number of hydrogen-bond donors (Lipinski definition) is 1. The molecule has 1 heterocycles. The zero-order chi connectivity index (χ0) is 13.0. The van der Waals surface area contributed by atoms with Crippen molar-refractivity contribution < 1.29 is 4.79 Å². The van der Waals surface area contributed by atoms with Crippen LogP contribution in [0.3, 0.4) is 0 Å². The van der Waals surface area contributed by atoms with Crippen molar-refractivity contribution in [3.63, 3.8) is 0 Å². The fourth-order valence-electron chi connectivity index (χ4n) is 2.35. The third-order valence-electron chi connectivity index (χ3n) is 3.43. The van der Waals surface area contributed by atoms with Gasteiger partial charge >= 0.3 is 0 Å². The molecule has 1 saturated heterocycles. The Morgan fingerprint density at radius 1 is 1.33 bits per heavy atom. The van der Waals surface area contributed by atoms with E-state index in [2.05, 4.69) is 5.32 Å². The average Bonchev–Trinajstić information content (AvgIpc) is 2.40. The Hall–Kier alpha value is -1.06. The molecular weight excluding hydrogens is 248 g/mol. The topological polar surface area (TPSA) is 32.3 Å². The Labute approximate surface area is 113 Å². The van der Waals surface area contributed by atoms with Crippen LogP contribution in [0.25, 0.3) is 0 Å². The molecule has 1 N–H and O–H groups in total. The van der Waals surface area contributed by atoms with E-state index in [0.29, 0.717) is 16.5 Å². The van der Waals surface area contributed by atoms with Crippen molar-refractivity contribution >= 4 is 17.5 Å². The highest BCUT2D eigenvalue weighted by Crippen LogP contribution is 2.15. The van der Waals surface area contributed by atoms with Crippen molar-refractivity contribution in [3.8, 4) is 0 Å². The van der Waals surface area contributed by atoms with Crippen molar-refractivity contribution in [2.75, 3.05) is 26.7 Å². The first-order chi connectivity index (χ1) is 8.66. The van der Waals surface area contributed by atoms with Crippen LogP contribution in [0, 0.1) is 5.92 Å². The fraction of sp³-hybridized carbons (Fsp3) is 0.500. The molecule has 2 rings (SSSR count). The number of halogens is 1. The Morgan fingerprint density at radius 2 is 1.94 bits per heavy atom. The number of hydrogen-bond acceptors (Lipinski definition) is 2. The van der Waals surface area contributed by atoms with E-state index in [-0.39, 0.29) is 5.91 Å². The van der Waals surface area contributed by atoms with Crippen LogP contribution in [-0.2, 0) is 0 Å². The molecule has 0 atom stereocenters. The molecule has 1 aromatic rings. The molecule has 0 aliphatic carbocycles. The average molecular weight is 267 g/mol. The number of carbonyl (C=O) groups is 1. The van der Waals surface area contributed by atoms with Gasteiger partial charge in [0.15, 0.2) is 0 Å². The highest BCUT2D eigenvalue weighted by Gasteiger charge is 2.18. The molecule has 1 aliphatic heterocycles. The standard InChI is InChI=1S/C14H19ClN2O/c1-17(10-11-6-8-16-9-7-11)14(18)12-2-4-13(15)5-3-12/h2-5,11,16H,6-10H2,1H3. The predicted octanol–water partition coefficient (Wildman–Crippen LogP) is 2.41. The predicted molar refractivity (Wildman–Crippen MR) is 74.0 cm³/mol. The first-order valence-electron chi connectivity index (χ1n) is 6.38. The minimum Gasteiger partial charge on any atom is -0.341 e. The maximum absolute atomic E-state index is 12.2. The van der Waals surface area contributed by atoms with E-state index >= 15 is 0 Å². The van der Waals surface area contributed by atoms with Crippen LogP contribution in [-0.4, -0.2) is 37.5 Å². The molecule has 0 saturated carbocycles. The van der Waals surface area contributed by atoms with Gasteiger partial charge in [-0.1, -0.05) is 11.6 Å². The second-order valence-electron chi connectivity index (χ2n) is 4.89. The number of carbonyl (C=O) groups excluding carboxylic acids is 1. The molecule has 1 amide bonds. The Balaban J connectivity index is 1.93. The van der Waals surface area contributed by atoms with Crippen molar-refractivity contribution in [2.45, 2.75) is 12.8 Å². The van der Waals surface area contributed by atoms with Crippen LogP contribution < -0.4 is 5.32 Å². The summed E-state index contributed by atoms with van der Waals surface area (Å²) in [6.07, 6.45) is 2.30. The van der Waals surface area contributed by atoms with E-state index in [9.17, 15) is 4.79 Å². The van der Waals surface area contributed by atoms with Gasteiger partial charge in [-0.05, 0) is 56.1 Å². The SMILES string of the molecule is CN(CC1CCNCC1)C(=O)c1ccc(Cl)cc1. The van der Waals surface area contributed by atoms with E-state index < -0.39 is 0 Å². The second kappa shape index (κ2) is 6.21.